The number of nitrogens with zero attached hydrogens (tertiary/aromatic N) is 3. The lowest BCUT2D eigenvalue weighted by Crippen LogP contribution is -2.37. The quantitative estimate of drug-likeness (QED) is 0.685. The zero-order valence-corrected chi connectivity index (χ0v) is 17.4. The van der Waals surface area contributed by atoms with E-state index in [9.17, 15) is 4.79 Å². The second-order valence-corrected chi connectivity index (χ2v) is 6.49. The van der Waals surface area contributed by atoms with Gasteiger partial charge < -0.3 is 9.88 Å². The highest BCUT2D eigenvalue weighted by atomic mass is 16.2. The van der Waals surface area contributed by atoms with E-state index in [2.05, 4.69) is 33.9 Å². The summed E-state index contributed by atoms with van der Waals surface area (Å²) < 4.78 is 2.06. The number of hydrogen-bond acceptors (Lipinski definition) is 2. The van der Waals surface area contributed by atoms with Crippen LogP contribution < -0.4 is 10.2 Å². The number of rotatable bonds is 5. The molecule has 0 fully saturated rings. The van der Waals surface area contributed by atoms with Crippen molar-refractivity contribution in [3.05, 3.63) is 83.4 Å². The van der Waals surface area contributed by atoms with Gasteiger partial charge in [-0.2, -0.15) is 0 Å². The van der Waals surface area contributed by atoms with E-state index in [-0.39, 0.29) is 6.03 Å². The van der Waals surface area contributed by atoms with Gasteiger partial charge in [-0.15, -0.1) is 0 Å². The van der Waals surface area contributed by atoms with Gasteiger partial charge in [-0.05, 0) is 37.1 Å². The van der Waals surface area contributed by atoms with Crippen LogP contribution in [-0.4, -0.2) is 22.6 Å². The van der Waals surface area contributed by atoms with Crippen LogP contribution in [0.2, 0.25) is 0 Å². The Morgan fingerprint density at radius 3 is 2.43 bits per heavy atom. The molecule has 3 rings (SSSR count). The van der Waals surface area contributed by atoms with Gasteiger partial charge in [-0.3, -0.25) is 4.90 Å². The first-order chi connectivity index (χ1) is 13.5. The minimum Gasteiger partial charge on any atom is -0.332 e. The summed E-state index contributed by atoms with van der Waals surface area (Å²) in [5.41, 5.74) is 5.49. The minimum atomic E-state index is -0.141. The summed E-state index contributed by atoms with van der Waals surface area (Å²) in [6.07, 6.45) is 3.60. The number of benzene rings is 2. The van der Waals surface area contributed by atoms with Gasteiger partial charge in [-0.1, -0.05) is 55.8 Å². The van der Waals surface area contributed by atoms with E-state index in [0.29, 0.717) is 6.54 Å². The molecule has 0 bridgehead atoms. The lowest BCUT2D eigenvalue weighted by molar-refractivity contribution is 0.247. The van der Waals surface area contributed by atoms with Crippen molar-refractivity contribution in [3.8, 4) is 0 Å². The molecule has 1 N–H and O–H groups in total. The van der Waals surface area contributed by atoms with Gasteiger partial charge in [-0.25, -0.2) is 9.78 Å². The summed E-state index contributed by atoms with van der Waals surface area (Å²) in [4.78, 5) is 18.3. The van der Waals surface area contributed by atoms with E-state index >= 15 is 0 Å². The van der Waals surface area contributed by atoms with Crippen molar-refractivity contribution in [1.82, 2.24) is 14.9 Å². The van der Waals surface area contributed by atoms with E-state index in [1.165, 1.54) is 16.7 Å². The predicted octanol–water partition coefficient (Wildman–Crippen LogP) is 4.92. The Morgan fingerprint density at radius 1 is 1.07 bits per heavy atom. The van der Waals surface area contributed by atoms with Crippen molar-refractivity contribution in [2.45, 2.75) is 40.8 Å². The third-order valence-electron chi connectivity index (χ3n) is 4.55. The molecule has 148 valence electrons. The first-order valence-corrected chi connectivity index (χ1v) is 9.66. The van der Waals surface area contributed by atoms with E-state index in [1.807, 2.05) is 57.2 Å². The van der Waals surface area contributed by atoms with Crippen LogP contribution in [0.5, 0.6) is 0 Å². The van der Waals surface area contributed by atoms with E-state index < -0.39 is 0 Å². The highest BCUT2D eigenvalue weighted by Gasteiger charge is 2.12. The number of hydrogen-bond donors (Lipinski definition) is 1. The lowest BCUT2D eigenvalue weighted by atomic mass is 10.1. The number of anilines is 1. The second-order valence-electron chi connectivity index (χ2n) is 6.49. The van der Waals surface area contributed by atoms with E-state index in [1.54, 1.807) is 24.5 Å². The third-order valence-corrected chi connectivity index (χ3v) is 4.55. The summed E-state index contributed by atoms with van der Waals surface area (Å²) in [7, 11) is 1.77. The molecule has 0 saturated carbocycles. The van der Waals surface area contributed by atoms with Crippen molar-refractivity contribution in [2.75, 3.05) is 11.9 Å². The summed E-state index contributed by atoms with van der Waals surface area (Å²) >= 11 is 0. The van der Waals surface area contributed by atoms with Gasteiger partial charge in [0.15, 0.2) is 0 Å². The number of imidazole rings is 1. The standard InChI is InChI=1S/C21H24N4O.C2H6/c1-16-8-10-19(11-9-16)24(3)21(26)23-13-20-12-22-15-25(20)14-18-7-5-4-6-17(18)2;1-2/h4-12,15H,13-14H2,1-3H3,(H,23,26);1-2H3. The molecule has 0 aliphatic carbocycles. The fraction of sp³-hybridized carbons (Fsp3) is 0.304. The Morgan fingerprint density at radius 2 is 1.75 bits per heavy atom. The van der Waals surface area contributed by atoms with Crippen molar-refractivity contribution < 1.29 is 4.79 Å². The highest BCUT2D eigenvalue weighted by molar-refractivity contribution is 5.91. The minimum absolute atomic E-state index is 0.141. The summed E-state index contributed by atoms with van der Waals surface area (Å²) in [6.45, 7) is 9.30. The number of carbonyl (C=O) groups excluding carboxylic acids is 1. The smallest absolute Gasteiger partial charge is 0.321 e. The van der Waals surface area contributed by atoms with Gasteiger partial charge in [0.2, 0.25) is 0 Å². The first-order valence-electron chi connectivity index (χ1n) is 9.66. The molecular formula is C23H30N4O. The maximum Gasteiger partial charge on any atom is 0.321 e. The molecule has 5 heteroatoms. The number of aromatic nitrogens is 2. The van der Waals surface area contributed by atoms with Crippen LogP contribution in [0.15, 0.2) is 61.1 Å². The normalized spacial score (nSPS) is 10.0. The fourth-order valence-corrected chi connectivity index (χ4v) is 2.78. The van der Waals surface area contributed by atoms with Gasteiger partial charge in [0.05, 0.1) is 18.6 Å². The number of urea groups is 1. The zero-order chi connectivity index (χ0) is 20.5. The Kier molecular flexibility index (Phi) is 7.81. The third kappa shape index (κ3) is 5.46. The Bertz CT molecular complexity index is 884. The van der Waals surface area contributed by atoms with Crippen LogP contribution in [0.1, 0.15) is 36.2 Å². The molecule has 0 unspecified atom stereocenters. The number of aryl methyl sites for hydroxylation is 2. The maximum absolute atomic E-state index is 12.4. The number of nitrogens with one attached hydrogen (secondary N) is 1. The molecule has 2 amide bonds. The van der Waals surface area contributed by atoms with E-state index in [4.69, 9.17) is 0 Å². The van der Waals surface area contributed by atoms with Crippen LogP contribution in [0.25, 0.3) is 0 Å². The summed E-state index contributed by atoms with van der Waals surface area (Å²) in [5.74, 6) is 0. The van der Waals surface area contributed by atoms with Crippen molar-refractivity contribution in [1.29, 1.82) is 0 Å². The first kappa shape index (κ1) is 21.2. The molecule has 1 aromatic heterocycles. The monoisotopic (exact) mass is 378 g/mol. The van der Waals surface area contributed by atoms with Crippen molar-refractivity contribution >= 4 is 11.7 Å². The van der Waals surface area contributed by atoms with E-state index in [0.717, 1.165) is 17.9 Å². The average molecular weight is 379 g/mol. The average Bonchev–Trinajstić information content (AvgIpc) is 3.16. The predicted molar refractivity (Wildman–Crippen MR) is 116 cm³/mol. The molecule has 0 aliphatic heterocycles. The number of carbonyl (C=O) groups is 1. The molecule has 0 aliphatic rings. The van der Waals surface area contributed by atoms with Crippen LogP contribution in [0.4, 0.5) is 10.5 Å². The van der Waals surface area contributed by atoms with Gasteiger partial charge in [0, 0.05) is 25.5 Å². The van der Waals surface area contributed by atoms with Crippen LogP contribution >= 0.6 is 0 Å². The molecular weight excluding hydrogens is 348 g/mol. The molecule has 5 nitrogen and oxygen atoms in total. The fourth-order valence-electron chi connectivity index (χ4n) is 2.78. The molecule has 0 atom stereocenters. The van der Waals surface area contributed by atoms with Crippen LogP contribution in [-0.2, 0) is 13.1 Å². The van der Waals surface area contributed by atoms with Gasteiger partial charge in [0.1, 0.15) is 0 Å². The molecule has 0 saturated heterocycles. The Balaban J connectivity index is 0.00000136. The Hall–Kier alpha value is -3.08. The molecule has 3 aromatic rings. The SMILES string of the molecule is CC.Cc1ccc(N(C)C(=O)NCc2cncn2Cc2ccccc2C)cc1. The molecule has 0 radical (unpaired) electrons. The van der Waals surface area contributed by atoms with Crippen LogP contribution in [0, 0.1) is 13.8 Å². The zero-order valence-electron chi connectivity index (χ0n) is 17.4. The highest BCUT2D eigenvalue weighted by Crippen LogP contribution is 2.14. The summed E-state index contributed by atoms with van der Waals surface area (Å²) in [6, 6.07) is 16.0. The lowest BCUT2D eigenvalue weighted by Gasteiger charge is -2.18. The molecule has 2 aromatic carbocycles. The topological polar surface area (TPSA) is 50.2 Å². The molecule has 28 heavy (non-hydrogen) atoms. The largest absolute Gasteiger partial charge is 0.332 e. The number of amides is 2. The van der Waals surface area contributed by atoms with Crippen molar-refractivity contribution in [2.24, 2.45) is 0 Å². The second kappa shape index (κ2) is 10.3. The van der Waals surface area contributed by atoms with Crippen molar-refractivity contribution in [3.63, 3.8) is 0 Å². The van der Waals surface area contributed by atoms with Gasteiger partial charge >= 0.3 is 6.03 Å². The molecule has 0 spiro atoms. The van der Waals surface area contributed by atoms with Gasteiger partial charge in [0.25, 0.3) is 0 Å². The molecule has 1 heterocycles. The van der Waals surface area contributed by atoms with Crippen LogP contribution in [0.3, 0.4) is 0 Å². The summed E-state index contributed by atoms with van der Waals surface area (Å²) in [5, 5.41) is 2.96. The Labute approximate surface area is 168 Å². The maximum atomic E-state index is 12.4.